The molecule has 84 valence electrons. The highest BCUT2D eigenvalue weighted by molar-refractivity contribution is 9.10. The second kappa shape index (κ2) is 6.01. The van der Waals surface area contributed by atoms with Crippen LogP contribution in [0.15, 0.2) is 40.3 Å². The van der Waals surface area contributed by atoms with Gasteiger partial charge in [0, 0.05) is 11.9 Å². The number of nitrogens with zero attached hydrogens (tertiary/aromatic N) is 1. The molecule has 2 rings (SSSR count). The maximum Gasteiger partial charge on any atom is 0.183 e. The molecular formula is C12H13BrN2S. The lowest BCUT2D eigenvalue weighted by atomic mass is 10.1. The van der Waals surface area contributed by atoms with Gasteiger partial charge in [-0.1, -0.05) is 30.3 Å². The molecule has 16 heavy (non-hydrogen) atoms. The van der Waals surface area contributed by atoms with Gasteiger partial charge < -0.3 is 5.32 Å². The van der Waals surface area contributed by atoms with Crippen LogP contribution in [0.25, 0.3) is 0 Å². The van der Waals surface area contributed by atoms with E-state index in [1.54, 1.807) is 11.3 Å². The molecule has 0 aliphatic heterocycles. The summed E-state index contributed by atoms with van der Waals surface area (Å²) >= 11 is 4.96. The molecular weight excluding hydrogens is 284 g/mol. The van der Waals surface area contributed by atoms with Crippen LogP contribution in [-0.2, 0) is 6.42 Å². The van der Waals surface area contributed by atoms with Crippen LogP contribution in [0.3, 0.4) is 0 Å². The third kappa shape index (κ3) is 3.61. The summed E-state index contributed by atoms with van der Waals surface area (Å²) in [6.45, 7) is 0.967. The maximum atomic E-state index is 4.28. The number of nitrogens with one attached hydrogen (secondary N) is 1. The molecule has 0 bridgehead atoms. The third-order valence-electron chi connectivity index (χ3n) is 2.24. The normalized spacial score (nSPS) is 10.3. The lowest BCUT2D eigenvalue weighted by molar-refractivity contribution is 0.861. The average Bonchev–Trinajstić information content (AvgIpc) is 2.72. The van der Waals surface area contributed by atoms with E-state index in [9.17, 15) is 0 Å². The molecule has 0 unspecified atom stereocenters. The number of aryl methyl sites for hydroxylation is 1. The van der Waals surface area contributed by atoms with Gasteiger partial charge in [0.05, 0.1) is 0 Å². The minimum absolute atomic E-state index is 0.906. The van der Waals surface area contributed by atoms with E-state index < -0.39 is 0 Å². The molecule has 1 heterocycles. The van der Waals surface area contributed by atoms with Crippen LogP contribution < -0.4 is 5.32 Å². The molecule has 0 saturated carbocycles. The van der Waals surface area contributed by atoms with Gasteiger partial charge >= 0.3 is 0 Å². The molecule has 0 spiro atoms. The Morgan fingerprint density at radius 3 is 2.75 bits per heavy atom. The Bertz CT molecular complexity index is 428. The molecule has 1 N–H and O–H groups in total. The van der Waals surface area contributed by atoms with Crippen molar-refractivity contribution in [3.05, 3.63) is 45.9 Å². The summed E-state index contributed by atoms with van der Waals surface area (Å²) in [6.07, 6.45) is 2.24. The van der Waals surface area contributed by atoms with Crippen molar-refractivity contribution < 1.29 is 0 Å². The Hall–Kier alpha value is -0.870. The van der Waals surface area contributed by atoms with Crippen molar-refractivity contribution in [1.29, 1.82) is 0 Å². The van der Waals surface area contributed by atoms with Crippen LogP contribution in [0.1, 0.15) is 12.0 Å². The first kappa shape index (κ1) is 11.6. The van der Waals surface area contributed by atoms with E-state index in [2.05, 4.69) is 56.6 Å². The highest BCUT2D eigenvalue weighted by atomic mass is 79.9. The van der Waals surface area contributed by atoms with Crippen LogP contribution in [-0.4, -0.2) is 11.5 Å². The van der Waals surface area contributed by atoms with Gasteiger partial charge in [-0.25, -0.2) is 4.98 Å². The van der Waals surface area contributed by atoms with E-state index in [1.165, 1.54) is 5.56 Å². The van der Waals surface area contributed by atoms with Crippen LogP contribution in [0, 0.1) is 0 Å². The van der Waals surface area contributed by atoms with Crippen molar-refractivity contribution in [3.8, 4) is 0 Å². The zero-order valence-electron chi connectivity index (χ0n) is 8.82. The molecule has 0 saturated heterocycles. The van der Waals surface area contributed by atoms with Gasteiger partial charge in [-0.3, -0.25) is 0 Å². The number of benzene rings is 1. The second-order valence-electron chi connectivity index (χ2n) is 3.49. The molecule has 1 aromatic heterocycles. The summed E-state index contributed by atoms with van der Waals surface area (Å²) in [5.74, 6) is 0. The highest BCUT2D eigenvalue weighted by Gasteiger charge is 1.97. The van der Waals surface area contributed by atoms with Gasteiger partial charge in [0.1, 0.15) is 4.60 Å². The van der Waals surface area contributed by atoms with E-state index >= 15 is 0 Å². The van der Waals surface area contributed by atoms with Crippen molar-refractivity contribution in [2.75, 3.05) is 11.9 Å². The molecule has 2 nitrogen and oxygen atoms in total. The topological polar surface area (TPSA) is 24.9 Å². The van der Waals surface area contributed by atoms with Crippen molar-refractivity contribution in [1.82, 2.24) is 4.98 Å². The van der Waals surface area contributed by atoms with Gasteiger partial charge in [0.15, 0.2) is 5.13 Å². The fraction of sp³-hybridized carbons (Fsp3) is 0.250. The van der Waals surface area contributed by atoms with Gasteiger partial charge in [-0.2, -0.15) is 0 Å². The number of rotatable bonds is 5. The van der Waals surface area contributed by atoms with Crippen LogP contribution in [0.2, 0.25) is 0 Å². The van der Waals surface area contributed by atoms with E-state index in [1.807, 2.05) is 5.38 Å². The average molecular weight is 297 g/mol. The molecule has 0 aliphatic carbocycles. The smallest absolute Gasteiger partial charge is 0.183 e. The second-order valence-corrected chi connectivity index (χ2v) is 5.16. The van der Waals surface area contributed by atoms with Gasteiger partial charge in [-0.05, 0) is 34.3 Å². The number of aromatic nitrogens is 1. The van der Waals surface area contributed by atoms with Crippen molar-refractivity contribution in [2.24, 2.45) is 0 Å². The Balaban J connectivity index is 1.69. The van der Waals surface area contributed by atoms with Crippen molar-refractivity contribution in [3.63, 3.8) is 0 Å². The van der Waals surface area contributed by atoms with Gasteiger partial charge in [-0.15, -0.1) is 11.3 Å². The largest absolute Gasteiger partial charge is 0.361 e. The first-order valence-corrected chi connectivity index (χ1v) is 6.91. The van der Waals surface area contributed by atoms with Crippen molar-refractivity contribution in [2.45, 2.75) is 12.8 Å². The molecule has 0 atom stereocenters. The molecule has 0 radical (unpaired) electrons. The minimum atomic E-state index is 0.906. The van der Waals surface area contributed by atoms with Crippen LogP contribution >= 0.6 is 27.3 Å². The summed E-state index contributed by atoms with van der Waals surface area (Å²) in [4.78, 5) is 4.28. The Kier molecular flexibility index (Phi) is 4.36. The zero-order chi connectivity index (χ0) is 11.2. The fourth-order valence-electron chi connectivity index (χ4n) is 1.47. The van der Waals surface area contributed by atoms with Crippen LogP contribution in [0.4, 0.5) is 5.13 Å². The summed E-state index contributed by atoms with van der Waals surface area (Å²) in [5.41, 5.74) is 1.39. The first-order chi connectivity index (χ1) is 7.84. The number of halogens is 1. The molecule has 4 heteroatoms. The van der Waals surface area contributed by atoms with E-state index in [-0.39, 0.29) is 0 Å². The van der Waals surface area contributed by atoms with Gasteiger partial charge in [0.25, 0.3) is 0 Å². The standard InChI is InChI=1S/C12H13BrN2S/c13-11-9-16-12(15-11)14-8-4-7-10-5-2-1-3-6-10/h1-3,5-6,9H,4,7-8H2,(H,14,15). The Labute approximate surface area is 108 Å². The summed E-state index contributed by atoms with van der Waals surface area (Å²) < 4.78 is 0.906. The lowest BCUT2D eigenvalue weighted by Crippen LogP contribution is -2.02. The summed E-state index contributed by atoms with van der Waals surface area (Å²) in [7, 11) is 0. The number of hydrogen-bond donors (Lipinski definition) is 1. The Morgan fingerprint density at radius 2 is 2.06 bits per heavy atom. The monoisotopic (exact) mass is 296 g/mol. The summed E-state index contributed by atoms with van der Waals surface area (Å²) in [6, 6.07) is 10.6. The van der Waals surface area contributed by atoms with Crippen LogP contribution in [0.5, 0.6) is 0 Å². The Morgan fingerprint density at radius 1 is 1.25 bits per heavy atom. The quantitative estimate of drug-likeness (QED) is 0.845. The van der Waals surface area contributed by atoms with Gasteiger partial charge in [0.2, 0.25) is 0 Å². The highest BCUT2D eigenvalue weighted by Crippen LogP contribution is 2.19. The predicted octanol–water partition coefficient (Wildman–Crippen LogP) is 3.95. The lowest BCUT2D eigenvalue weighted by Gasteiger charge is -2.02. The first-order valence-electron chi connectivity index (χ1n) is 5.23. The van der Waals surface area contributed by atoms with E-state index in [0.29, 0.717) is 0 Å². The fourth-order valence-corrected chi connectivity index (χ4v) is 2.64. The number of anilines is 1. The molecule has 0 fully saturated rings. The SMILES string of the molecule is Brc1csc(NCCCc2ccccc2)n1. The van der Waals surface area contributed by atoms with Crippen molar-refractivity contribution >= 4 is 32.4 Å². The third-order valence-corrected chi connectivity index (χ3v) is 3.75. The summed E-state index contributed by atoms with van der Waals surface area (Å²) in [5, 5.41) is 6.28. The molecule has 0 aliphatic rings. The van der Waals surface area contributed by atoms with E-state index in [0.717, 1.165) is 29.1 Å². The number of thiazole rings is 1. The molecule has 0 amide bonds. The molecule has 1 aromatic carbocycles. The predicted molar refractivity (Wildman–Crippen MR) is 73.1 cm³/mol. The zero-order valence-corrected chi connectivity index (χ0v) is 11.2. The minimum Gasteiger partial charge on any atom is -0.361 e. The van der Waals surface area contributed by atoms with E-state index in [4.69, 9.17) is 0 Å². The molecule has 2 aromatic rings. The maximum absolute atomic E-state index is 4.28. The number of hydrogen-bond acceptors (Lipinski definition) is 3.